The zero-order valence-electron chi connectivity index (χ0n) is 6.92. The monoisotopic (exact) mass is 184 g/mol. The molecule has 2 unspecified atom stereocenters. The molecule has 0 aromatic carbocycles. The van der Waals surface area contributed by atoms with Gasteiger partial charge in [-0.1, -0.05) is 0 Å². The smallest absolute Gasteiger partial charge is 0.250 e. The summed E-state index contributed by atoms with van der Waals surface area (Å²) in [5.41, 5.74) is -2.05. The molecule has 0 aliphatic heterocycles. The van der Waals surface area contributed by atoms with Crippen molar-refractivity contribution in [1.29, 1.82) is 0 Å². The van der Waals surface area contributed by atoms with Gasteiger partial charge < -0.3 is 0 Å². The van der Waals surface area contributed by atoms with Gasteiger partial charge in [-0.3, -0.25) is 4.39 Å². The Bertz CT molecular complexity index is 148. The van der Waals surface area contributed by atoms with Crippen LogP contribution in [0.5, 0.6) is 0 Å². The summed E-state index contributed by atoms with van der Waals surface area (Å²) >= 11 is 0. The molecule has 1 aliphatic carbocycles. The molecule has 0 N–H and O–H groups in total. The number of halogens is 4. The molecule has 1 saturated carbocycles. The Hall–Kier alpha value is -0.280. The van der Waals surface area contributed by atoms with Gasteiger partial charge in [-0.25, -0.2) is 13.2 Å². The molecule has 4 heteroatoms. The predicted molar refractivity (Wildman–Crippen MR) is 37.8 cm³/mol. The minimum absolute atomic E-state index is 0.0389. The van der Waals surface area contributed by atoms with E-state index in [1.165, 1.54) is 0 Å². The van der Waals surface area contributed by atoms with Crippen molar-refractivity contribution < 1.29 is 17.6 Å². The third kappa shape index (κ3) is 1.57. The SMILES string of the molecule is CC1(F)CCCC(F)(F)C1CF. The Morgan fingerprint density at radius 1 is 1.25 bits per heavy atom. The molecule has 2 atom stereocenters. The molecule has 0 spiro atoms. The standard InChI is InChI=1S/C8H12F4/c1-7(10)3-2-4-8(11,12)6(7)5-9/h6H,2-5H2,1H3. The van der Waals surface area contributed by atoms with Crippen molar-refractivity contribution in [1.82, 2.24) is 0 Å². The molecule has 0 aromatic heterocycles. The van der Waals surface area contributed by atoms with Gasteiger partial charge in [-0.15, -0.1) is 0 Å². The van der Waals surface area contributed by atoms with E-state index in [0.717, 1.165) is 6.92 Å². The Balaban J connectivity index is 2.81. The van der Waals surface area contributed by atoms with E-state index in [2.05, 4.69) is 0 Å². The maximum atomic E-state index is 13.3. The second kappa shape index (κ2) is 2.89. The van der Waals surface area contributed by atoms with Gasteiger partial charge in [0, 0.05) is 6.42 Å². The van der Waals surface area contributed by atoms with Crippen molar-refractivity contribution in [2.75, 3.05) is 6.67 Å². The van der Waals surface area contributed by atoms with E-state index in [9.17, 15) is 17.6 Å². The van der Waals surface area contributed by atoms with Crippen molar-refractivity contribution in [2.24, 2.45) is 5.92 Å². The fraction of sp³-hybridized carbons (Fsp3) is 1.00. The molecular formula is C8H12F4. The molecule has 1 rings (SSSR count). The summed E-state index contributed by atoms with van der Waals surface area (Å²) in [6.07, 6.45) is -0.214. The average Bonchev–Trinajstić information content (AvgIpc) is 1.83. The van der Waals surface area contributed by atoms with Crippen molar-refractivity contribution in [2.45, 2.75) is 37.8 Å². The van der Waals surface area contributed by atoms with Gasteiger partial charge in [-0.05, 0) is 19.8 Å². The summed E-state index contributed by atoms with van der Waals surface area (Å²) in [7, 11) is 0. The number of hydrogen-bond donors (Lipinski definition) is 0. The Kier molecular flexibility index (Phi) is 2.36. The van der Waals surface area contributed by atoms with E-state index in [1.54, 1.807) is 0 Å². The lowest BCUT2D eigenvalue weighted by molar-refractivity contribution is -0.152. The largest absolute Gasteiger partial charge is 0.256 e. The first-order valence-corrected chi connectivity index (χ1v) is 4.03. The molecule has 1 aliphatic rings. The summed E-state index contributed by atoms with van der Waals surface area (Å²) in [6.45, 7) is -0.218. The summed E-state index contributed by atoms with van der Waals surface area (Å²) in [5.74, 6) is -4.92. The van der Waals surface area contributed by atoms with Crippen LogP contribution in [0.1, 0.15) is 26.2 Å². The lowest BCUT2D eigenvalue weighted by atomic mass is 9.76. The van der Waals surface area contributed by atoms with Crippen LogP contribution in [0.2, 0.25) is 0 Å². The fourth-order valence-corrected chi connectivity index (χ4v) is 1.73. The zero-order valence-corrected chi connectivity index (χ0v) is 6.92. The summed E-state index contributed by atoms with van der Waals surface area (Å²) in [6, 6.07) is 0. The van der Waals surface area contributed by atoms with Crippen LogP contribution in [-0.2, 0) is 0 Å². The van der Waals surface area contributed by atoms with E-state index in [-0.39, 0.29) is 19.3 Å². The number of hydrogen-bond acceptors (Lipinski definition) is 0. The van der Waals surface area contributed by atoms with Gasteiger partial charge in [0.25, 0.3) is 5.92 Å². The molecule has 0 nitrogen and oxygen atoms in total. The highest BCUT2D eigenvalue weighted by molar-refractivity contribution is 4.95. The topological polar surface area (TPSA) is 0 Å². The van der Waals surface area contributed by atoms with Crippen LogP contribution < -0.4 is 0 Å². The van der Waals surface area contributed by atoms with Gasteiger partial charge in [0.2, 0.25) is 0 Å². The van der Waals surface area contributed by atoms with E-state index in [1.807, 2.05) is 0 Å². The molecule has 1 fully saturated rings. The summed E-state index contributed by atoms with van der Waals surface area (Å²) in [5, 5.41) is 0. The molecule has 0 amide bonds. The van der Waals surface area contributed by atoms with Crippen LogP contribution in [0.15, 0.2) is 0 Å². The Morgan fingerprint density at radius 2 is 1.83 bits per heavy atom. The summed E-state index contributed by atoms with van der Waals surface area (Å²) < 4.78 is 51.2. The van der Waals surface area contributed by atoms with Gasteiger partial charge in [-0.2, -0.15) is 0 Å². The van der Waals surface area contributed by atoms with Gasteiger partial charge in [0.1, 0.15) is 12.3 Å². The lowest BCUT2D eigenvalue weighted by Crippen LogP contribution is -2.47. The highest BCUT2D eigenvalue weighted by Crippen LogP contribution is 2.46. The first kappa shape index (κ1) is 9.81. The molecule has 72 valence electrons. The van der Waals surface area contributed by atoms with E-state index in [4.69, 9.17) is 0 Å². The van der Waals surface area contributed by atoms with Crippen LogP contribution in [-0.4, -0.2) is 18.3 Å². The van der Waals surface area contributed by atoms with E-state index in [0.29, 0.717) is 0 Å². The highest BCUT2D eigenvalue weighted by Gasteiger charge is 2.53. The van der Waals surface area contributed by atoms with Gasteiger partial charge in [0.05, 0.1) is 5.92 Å². The quantitative estimate of drug-likeness (QED) is 0.549. The predicted octanol–water partition coefficient (Wildman–Crippen LogP) is 3.12. The third-order valence-electron chi connectivity index (χ3n) is 2.57. The lowest BCUT2D eigenvalue weighted by Gasteiger charge is -2.38. The van der Waals surface area contributed by atoms with E-state index < -0.39 is 24.2 Å². The second-order valence-corrected chi connectivity index (χ2v) is 3.60. The van der Waals surface area contributed by atoms with Crippen molar-refractivity contribution in [3.8, 4) is 0 Å². The normalized spacial score (nSPS) is 41.2. The minimum Gasteiger partial charge on any atom is -0.250 e. The van der Waals surface area contributed by atoms with Crippen molar-refractivity contribution in [3.05, 3.63) is 0 Å². The van der Waals surface area contributed by atoms with E-state index >= 15 is 0 Å². The highest BCUT2D eigenvalue weighted by atomic mass is 19.3. The number of alkyl halides is 4. The van der Waals surface area contributed by atoms with Crippen LogP contribution in [0, 0.1) is 5.92 Å². The molecule has 12 heavy (non-hydrogen) atoms. The fourth-order valence-electron chi connectivity index (χ4n) is 1.73. The van der Waals surface area contributed by atoms with Crippen molar-refractivity contribution >= 4 is 0 Å². The summed E-state index contributed by atoms with van der Waals surface area (Å²) in [4.78, 5) is 0. The molecule has 0 saturated heterocycles. The Morgan fingerprint density at radius 3 is 2.17 bits per heavy atom. The molecule has 0 bridgehead atoms. The second-order valence-electron chi connectivity index (χ2n) is 3.60. The van der Waals surface area contributed by atoms with Gasteiger partial charge >= 0.3 is 0 Å². The van der Waals surface area contributed by atoms with Crippen LogP contribution in [0.25, 0.3) is 0 Å². The maximum absolute atomic E-state index is 13.3. The maximum Gasteiger partial charge on any atom is 0.256 e. The minimum atomic E-state index is -3.17. The van der Waals surface area contributed by atoms with Crippen LogP contribution in [0.3, 0.4) is 0 Å². The molecular weight excluding hydrogens is 172 g/mol. The zero-order chi connectivity index (χ0) is 9.41. The first-order valence-electron chi connectivity index (χ1n) is 4.03. The van der Waals surface area contributed by atoms with Crippen LogP contribution >= 0.6 is 0 Å². The molecule has 0 radical (unpaired) electrons. The van der Waals surface area contributed by atoms with Gasteiger partial charge in [0.15, 0.2) is 0 Å². The Labute approximate surface area is 69.0 Å². The third-order valence-corrected chi connectivity index (χ3v) is 2.57. The first-order chi connectivity index (χ1) is 5.40. The molecule has 0 heterocycles. The van der Waals surface area contributed by atoms with Crippen molar-refractivity contribution in [3.63, 3.8) is 0 Å². The average molecular weight is 184 g/mol. The molecule has 0 aromatic rings. The van der Waals surface area contributed by atoms with Crippen LogP contribution in [0.4, 0.5) is 17.6 Å². The number of rotatable bonds is 1.